The highest BCUT2D eigenvalue weighted by atomic mass is 14.1. The lowest BCUT2D eigenvalue weighted by atomic mass is 9.98. The molecule has 0 aromatic heterocycles. The molecule has 90 valence electrons. The smallest absolute Gasteiger partial charge is 0.00947 e. The number of unbranched alkanes of at least 4 members (excludes halogenated alkanes) is 2. The quantitative estimate of drug-likeness (QED) is 0.358. The van der Waals surface area contributed by atoms with Gasteiger partial charge in [-0.25, -0.2) is 0 Å². The third-order valence-corrected chi connectivity index (χ3v) is 3.14. The maximum Gasteiger partial charge on any atom is -0.00947 e. The summed E-state index contributed by atoms with van der Waals surface area (Å²) >= 11 is 0. The molecule has 1 atom stereocenters. The Hall–Kier alpha value is -0.780. The van der Waals surface area contributed by atoms with Crippen molar-refractivity contribution >= 4 is 0 Å². The molecule has 1 aliphatic carbocycles. The Morgan fingerprint density at radius 2 is 1.81 bits per heavy atom. The highest BCUT2D eigenvalue weighted by molar-refractivity contribution is 5.33. The van der Waals surface area contributed by atoms with E-state index in [1.165, 1.54) is 50.5 Å². The molecule has 0 N–H and O–H groups in total. The fourth-order valence-corrected chi connectivity index (χ4v) is 1.91. The van der Waals surface area contributed by atoms with Gasteiger partial charge in [0.2, 0.25) is 0 Å². The van der Waals surface area contributed by atoms with Gasteiger partial charge in [0, 0.05) is 0 Å². The van der Waals surface area contributed by atoms with Crippen LogP contribution in [0.4, 0.5) is 0 Å². The van der Waals surface area contributed by atoms with Gasteiger partial charge in [0.1, 0.15) is 0 Å². The molecule has 0 nitrogen and oxygen atoms in total. The Labute approximate surface area is 101 Å². The molecule has 0 saturated carbocycles. The molecule has 16 heavy (non-hydrogen) atoms. The van der Waals surface area contributed by atoms with Crippen LogP contribution >= 0.6 is 0 Å². The van der Waals surface area contributed by atoms with Gasteiger partial charge in [0.05, 0.1) is 0 Å². The van der Waals surface area contributed by atoms with Crippen LogP contribution in [0.5, 0.6) is 0 Å². The average molecular weight is 218 g/mol. The van der Waals surface area contributed by atoms with Crippen LogP contribution in [0.15, 0.2) is 36.0 Å². The second kappa shape index (κ2) is 8.38. The van der Waals surface area contributed by atoms with Crippen molar-refractivity contribution in [1.82, 2.24) is 0 Å². The molecule has 0 amide bonds. The first-order chi connectivity index (χ1) is 7.83. The van der Waals surface area contributed by atoms with Crippen molar-refractivity contribution < 1.29 is 0 Å². The van der Waals surface area contributed by atoms with Crippen LogP contribution in [0.3, 0.4) is 0 Å². The van der Waals surface area contributed by atoms with Crippen molar-refractivity contribution in [2.75, 3.05) is 0 Å². The third-order valence-electron chi connectivity index (χ3n) is 3.14. The predicted octanol–water partition coefficient (Wildman–Crippen LogP) is 5.43. The van der Waals surface area contributed by atoms with E-state index in [2.05, 4.69) is 44.2 Å². The summed E-state index contributed by atoms with van der Waals surface area (Å²) in [4.78, 5) is 0. The number of hydrogen-bond donors (Lipinski definition) is 0. The summed E-state index contributed by atoms with van der Waals surface area (Å²) in [5, 5.41) is 0. The first kappa shape index (κ1) is 13.3. The molecule has 0 aromatic rings. The second-order valence-electron chi connectivity index (χ2n) is 4.92. The van der Waals surface area contributed by atoms with Crippen molar-refractivity contribution in [3.63, 3.8) is 0 Å². The van der Waals surface area contributed by atoms with Crippen molar-refractivity contribution in [3.05, 3.63) is 36.0 Å². The van der Waals surface area contributed by atoms with Gasteiger partial charge in [0.25, 0.3) is 0 Å². The van der Waals surface area contributed by atoms with Gasteiger partial charge in [-0.1, -0.05) is 50.1 Å². The van der Waals surface area contributed by atoms with Gasteiger partial charge in [-0.3, -0.25) is 0 Å². The topological polar surface area (TPSA) is 0 Å². The van der Waals surface area contributed by atoms with Crippen LogP contribution in [-0.4, -0.2) is 0 Å². The van der Waals surface area contributed by atoms with Gasteiger partial charge in [-0.15, -0.1) is 0 Å². The molecule has 0 saturated heterocycles. The SMILES string of the molecule is CC=CCCCC(C)CCCC=CC1=CC1. The molecule has 0 bridgehead atoms. The lowest BCUT2D eigenvalue weighted by Crippen LogP contribution is -1.93. The monoisotopic (exact) mass is 218 g/mol. The van der Waals surface area contributed by atoms with Crippen LogP contribution in [0, 0.1) is 5.92 Å². The average Bonchev–Trinajstić information content (AvgIpc) is 3.08. The summed E-state index contributed by atoms with van der Waals surface area (Å²) in [6.45, 7) is 4.49. The Morgan fingerprint density at radius 1 is 1.19 bits per heavy atom. The maximum atomic E-state index is 2.39. The molecule has 0 aliphatic heterocycles. The van der Waals surface area contributed by atoms with E-state index in [0.29, 0.717) is 0 Å². The molecule has 1 aliphatic rings. The highest BCUT2D eigenvalue weighted by Gasteiger charge is 2.02. The van der Waals surface area contributed by atoms with Crippen LogP contribution in [0.25, 0.3) is 0 Å². The lowest BCUT2D eigenvalue weighted by Gasteiger charge is -2.09. The number of rotatable bonds is 9. The van der Waals surface area contributed by atoms with E-state index < -0.39 is 0 Å². The second-order valence-corrected chi connectivity index (χ2v) is 4.92. The molecule has 0 heteroatoms. The fourth-order valence-electron chi connectivity index (χ4n) is 1.91. The Morgan fingerprint density at radius 3 is 2.38 bits per heavy atom. The van der Waals surface area contributed by atoms with Gasteiger partial charge in [0.15, 0.2) is 0 Å². The van der Waals surface area contributed by atoms with Gasteiger partial charge >= 0.3 is 0 Å². The molecule has 0 aromatic carbocycles. The first-order valence-electron chi connectivity index (χ1n) is 6.79. The summed E-state index contributed by atoms with van der Waals surface area (Å²) in [7, 11) is 0. The highest BCUT2D eigenvalue weighted by Crippen LogP contribution is 2.20. The molecular formula is C16H26. The lowest BCUT2D eigenvalue weighted by molar-refractivity contribution is 0.463. The molecule has 0 radical (unpaired) electrons. The summed E-state index contributed by atoms with van der Waals surface area (Å²) in [5.41, 5.74) is 1.53. The van der Waals surface area contributed by atoms with Crippen LogP contribution in [0.2, 0.25) is 0 Å². The fraction of sp³-hybridized carbons (Fsp3) is 0.625. The summed E-state index contributed by atoms with van der Waals surface area (Å²) < 4.78 is 0. The summed E-state index contributed by atoms with van der Waals surface area (Å²) in [6, 6.07) is 0. The molecular weight excluding hydrogens is 192 g/mol. The van der Waals surface area contributed by atoms with E-state index in [4.69, 9.17) is 0 Å². The Balaban J connectivity index is 1.88. The molecule has 0 fully saturated rings. The number of allylic oxidation sites excluding steroid dienone is 6. The third kappa shape index (κ3) is 7.50. The largest absolute Gasteiger partial charge is 0.0917 e. The van der Waals surface area contributed by atoms with E-state index in [1.807, 2.05) is 0 Å². The van der Waals surface area contributed by atoms with E-state index in [0.717, 1.165) is 5.92 Å². The van der Waals surface area contributed by atoms with Crippen molar-refractivity contribution in [3.8, 4) is 0 Å². The van der Waals surface area contributed by atoms with Crippen molar-refractivity contribution in [2.24, 2.45) is 5.92 Å². The summed E-state index contributed by atoms with van der Waals surface area (Å²) in [6.07, 6.45) is 20.6. The van der Waals surface area contributed by atoms with Crippen LogP contribution in [0.1, 0.15) is 58.8 Å². The predicted molar refractivity (Wildman–Crippen MR) is 73.5 cm³/mol. The van der Waals surface area contributed by atoms with Crippen LogP contribution < -0.4 is 0 Å². The van der Waals surface area contributed by atoms with E-state index in [-0.39, 0.29) is 0 Å². The first-order valence-corrected chi connectivity index (χ1v) is 6.79. The minimum absolute atomic E-state index is 0.902. The van der Waals surface area contributed by atoms with E-state index in [9.17, 15) is 0 Å². The minimum Gasteiger partial charge on any atom is -0.0917 e. The standard InChI is InChI=1S/C16H26/c1-3-4-5-7-10-15(2)11-8-6-9-12-16-13-14-16/h3-4,9,12-13,15H,5-8,10-11,14H2,1-2H3. The van der Waals surface area contributed by atoms with Gasteiger partial charge < -0.3 is 0 Å². The van der Waals surface area contributed by atoms with Crippen LogP contribution in [-0.2, 0) is 0 Å². The minimum atomic E-state index is 0.902. The van der Waals surface area contributed by atoms with Crippen molar-refractivity contribution in [2.45, 2.75) is 58.8 Å². The van der Waals surface area contributed by atoms with E-state index >= 15 is 0 Å². The Kier molecular flexibility index (Phi) is 6.96. The molecule has 0 heterocycles. The van der Waals surface area contributed by atoms with E-state index in [1.54, 1.807) is 0 Å². The zero-order chi connectivity index (χ0) is 11.6. The number of hydrogen-bond acceptors (Lipinski definition) is 0. The zero-order valence-electron chi connectivity index (χ0n) is 10.9. The molecule has 0 spiro atoms. The van der Waals surface area contributed by atoms with Gasteiger partial charge in [-0.2, -0.15) is 0 Å². The van der Waals surface area contributed by atoms with Gasteiger partial charge in [-0.05, 0) is 50.5 Å². The zero-order valence-corrected chi connectivity index (χ0v) is 10.9. The maximum absolute atomic E-state index is 2.39. The molecule has 1 unspecified atom stereocenters. The summed E-state index contributed by atoms with van der Waals surface area (Å²) in [5.74, 6) is 0.902. The molecule has 1 rings (SSSR count). The van der Waals surface area contributed by atoms with Crippen molar-refractivity contribution in [1.29, 1.82) is 0 Å². The Bertz CT molecular complexity index is 255. The normalized spacial score (nSPS) is 17.0.